The molecule has 0 saturated heterocycles. The summed E-state index contributed by atoms with van der Waals surface area (Å²) < 4.78 is 1.79. The second-order valence-electron chi connectivity index (χ2n) is 4.37. The van der Waals surface area contributed by atoms with E-state index in [9.17, 15) is 0 Å². The Bertz CT molecular complexity index is 546. The number of anilines is 1. The van der Waals surface area contributed by atoms with Crippen molar-refractivity contribution in [1.82, 2.24) is 19.7 Å². The Balaban J connectivity index is 2.61. The van der Waals surface area contributed by atoms with Crippen molar-refractivity contribution in [2.75, 3.05) is 12.4 Å². The largest absolute Gasteiger partial charge is 0.373 e. The Labute approximate surface area is 107 Å². The molecule has 18 heavy (non-hydrogen) atoms. The van der Waals surface area contributed by atoms with Crippen LogP contribution in [0, 0.1) is 13.8 Å². The van der Waals surface area contributed by atoms with Gasteiger partial charge < -0.3 is 5.32 Å². The van der Waals surface area contributed by atoms with Gasteiger partial charge in [0.05, 0.1) is 11.3 Å². The monoisotopic (exact) mass is 245 g/mol. The molecule has 2 rings (SSSR count). The number of aromatic nitrogens is 4. The fourth-order valence-corrected chi connectivity index (χ4v) is 2.09. The lowest BCUT2D eigenvalue weighted by Gasteiger charge is -2.10. The molecule has 0 aliphatic rings. The molecule has 2 heterocycles. The molecule has 1 N–H and O–H groups in total. The summed E-state index contributed by atoms with van der Waals surface area (Å²) >= 11 is 0. The van der Waals surface area contributed by atoms with Gasteiger partial charge in [-0.15, -0.1) is 0 Å². The number of rotatable bonds is 3. The molecule has 5 nitrogen and oxygen atoms in total. The quantitative estimate of drug-likeness (QED) is 0.899. The van der Waals surface area contributed by atoms with Gasteiger partial charge in [0, 0.05) is 31.5 Å². The standard InChI is InChI=1S/C13H19N5/c1-6-11-8(2)12(14-4)16-13(15-11)10-7-18(5)17-9(10)3/h7H,6H2,1-5H3,(H,14,15,16). The van der Waals surface area contributed by atoms with Crippen molar-refractivity contribution in [2.24, 2.45) is 7.05 Å². The third-order valence-electron chi connectivity index (χ3n) is 3.07. The highest BCUT2D eigenvalue weighted by Crippen LogP contribution is 2.23. The van der Waals surface area contributed by atoms with Crippen molar-refractivity contribution in [3.05, 3.63) is 23.1 Å². The molecule has 0 fully saturated rings. The van der Waals surface area contributed by atoms with Gasteiger partial charge in [0.1, 0.15) is 5.82 Å². The van der Waals surface area contributed by atoms with Gasteiger partial charge in [-0.3, -0.25) is 4.68 Å². The van der Waals surface area contributed by atoms with Gasteiger partial charge in [-0.05, 0) is 20.3 Å². The summed E-state index contributed by atoms with van der Waals surface area (Å²) in [6.07, 6.45) is 2.86. The maximum atomic E-state index is 4.64. The number of nitrogens with zero attached hydrogens (tertiary/aromatic N) is 4. The molecule has 0 spiro atoms. The Morgan fingerprint density at radius 3 is 2.50 bits per heavy atom. The fraction of sp³-hybridized carbons (Fsp3) is 0.462. The highest BCUT2D eigenvalue weighted by molar-refractivity contribution is 5.61. The SMILES string of the molecule is CCc1nc(-c2cn(C)nc2C)nc(NC)c1C. The molecule has 0 atom stereocenters. The van der Waals surface area contributed by atoms with Gasteiger partial charge >= 0.3 is 0 Å². The topological polar surface area (TPSA) is 55.6 Å². The van der Waals surface area contributed by atoms with E-state index < -0.39 is 0 Å². The smallest absolute Gasteiger partial charge is 0.165 e. The third kappa shape index (κ3) is 2.08. The van der Waals surface area contributed by atoms with E-state index in [-0.39, 0.29) is 0 Å². The van der Waals surface area contributed by atoms with Crippen LogP contribution in [0.3, 0.4) is 0 Å². The second-order valence-corrected chi connectivity index (χ2v) is 4.37. The predicted molar refractivity (Wildman–Crippen MR) is 72.6 cm³/mol. The summed E-state index contributed by atoms with van der Waals surface area (Å²) in [5.74, 6) is 1.63. The van der Waals surface area contributed by atoms with E-state index in [0.717, 1.165) is 40.6 Å². The minimum absolute atomic E-state index is 0.743. The first-order valence-electron chi connectivity index (χ1n) is 6.12. The maximum Gasteiger partial charge on any atom is 0.165 e. The zero-order valence-corrected chi connectivity index (χ0v) is 11.6. The average Bonchev–Trinajstić information content (AvgIpc) is 2.69. The normalized spacial score (nSPS) is 10.7. The molecule has 0 saturated carbocycles. The summed E-state index contributed by atoms with van der Waals surface area (Å²) in [7, 11) is 3.79. The molecule has 2 aromatic rings. The van der Waals surface area contributed by atoms with E-state index in [4.69, 9.17) is 0 Å². The van der Waals surface area contributed by atoms with Crippen LogP contribution in [-0.4, -0.2) is 26.8 Å². The van der Waals surface area contributed by atoms with E-state index in [1.54, 1.807) is 4.68 Å². The van der Waals surface area contributed by atoms with Crippen LogP contribution in [-0.2, 0) is 13.5 Å². The van der Waals surface area contributed by atoms with Gasteiger partial charge in [-0.2, -0.15) is 5.10 Å². The zero-order valence-electron chi connectivity index (χ0n) is 11.6. The Kier molecular flexibility index (Phi) is 3.32. The Hall–Kier alpha value is -1.91. The molecule has 0 amide bonds. The summed E-state index contributed by atoms with van der Waals surface area (Å²) in [5, 5.41) is 7.47. The highest BCUT2D eigenvalue weighted by Gasteiger charge is 2.13. The van der Waals surface area contributed by atoms with Crippen LogP contribution in [0.25, 0.3) is 11.4 Å². The van der Waals surface area contributed by atoms with Crippen LogP contribution < -0.4 is 5.32 Å². The first kappa shape index (κ1) is 12.5. The number of nitrogens with one attached hydrogen (secondary N) is 1. The minimum Gasteiger partial charge on any atom is -0.373 e. The zero-order chi connectivity index (χ0) is 13.3. The van der Waals surface area contributed by atoms with E-state index in [0.29, 0.717) is 0 Å². The molecule has 96 valence electrons. The van der Waals surface area contributed by atoms with Gasteiger partial charge in [0.25, 0.3) is 0 Å². The van der Waals surface area contributed by atoms with Crippen LogP contribution in [0.15, 0.2) is 6.20 Å². The molecular formula is C13H19N5. The molecule has 2 aromatic heterocycles. The van der Waals surface area contributed by atoms with E-state index in [1.165, 1.54) is 0 Å². The van der Waals surface area contributed by atoms with Crippen LogP contribution in [0.5, 0.6) is 0 Å². The lowest BCUT2D eigenvalue weighted by Crippen LogP contribution is -2.04. The predicted octanol–water partition coefficient (Wildman–Crippen LogP) is 2.10. The van der Waals surface area contributed by atoms with Crippen molar-refractivity contribution in [2.45, 2.75) is 27.2 Å². The Morgan fingerprint density at radius 2 is 2.00 bits per heavy atom. The average molecular weight is 245 g/mol. The van der Waals surface area contributed by atoms with Crippen LogP contribution in [0.1, 0.15) is 23.9 Å². The summed E-state index contributed by atoms with van der Waals surface area (Å²) in [5.41, 5.74) is 4.13. The third-order valence-corrected chi connectivity index (χ3v) is 3.07. The van der Waals surface area contributed by atoms with Crippen LogP contribution in [0.2, 0.25) is 0 Å². The molecular weight excluding hydrogens is 226 g/mol. The van der Waals surface area contributed by atoms with Crippen LogP contribution in [0.4, 0.5) is 5.82 Å². The fourth-order valence-electron chi connectivity index (χ4n) is 2.09. The molecule has 0 aliphatic carbocycles. The summed E-state index contributed by atoms with van der Waals surface area (Å²) in [6, 6.07) is 0. The first-order valence-corrected chi connectivity index (χ1v) is 6.12. The van der Waals surface area contributed by atoms with Crippen molar-refractivity contribution < 1.29 is 0 Å². The second kappa shape index (κ2) is 4.76. The van der Waals surface area contributed by atoms with E-state index >= 15 is 0 Å². The minimum atomic E-state index is 0.743. The molecule has 0 aliphatic heterocycles. The summed E-state index contributed by atoms with van der Waals surface area (Å²) in [4.78, 5) is 9.21. The van der Waals surface area contributed by atoms with Crippen LogP contribution >= 0.6 is 0 Å². The lowest BCUT2D eigenvalue weighted by molar-refractivity contribution is 0.756. The molecule has 5 heteroatoms. The van der Waals surface area contributed by atoms with Gasteiger partial charge in [0.15, 0.2) is 5.82 Å². The van der Waals surface area contributed by atoms with E-state index in [1.807, 2.05) is 34.1 Å². The van der Waals surface area contributed by atoms with Gasteiger partial charge in [-0.25, -0.2) is 9.97 Å². The van der Waals surface area contributed by atoms with Crippen molar-refractivity contribution in [1.29, 1.82) is 0 Å². The maximum absolute atomic E-state index is 4.64. The first-order chi connectivity index (χ1) is 8.56. The molecule has 0 radical (unpaired) electrons. The van der Waals surface area contributed by atoms with E-state index in [2.05, 4.69) is 27.3 Å². The summed E-state index contributed by atoms with van der Waals surface area (Å²) in [6.45, 7) is 6.13. The molecule has 0 unspecified atom stereocenters. The molecule has 0 bridgehead atoms. The number of aryl methyl sites for hydroxylation is 3. The highest BCUT2D eigenvalue weighted by atomic mass is 15.3. The molecule has 0 aromatic carbocycles. The number of hydrogen-bond acceptors (Lipinski definition) is 4. The van der Waals surface area contributed by atoms with Crippen molar-refractivity contribution >= 4 is 5.82 Å². The van der Waals surface area contributed by atoms with Crippen molar-refractivity contribution in [3.8, 4) is 11.4 Å². The Morgan fingerprint density at radius 1 is 1.28 bits per heavy atom. The van der Waals surface area contributed by atoms with Crippen molar-refractivity contribution in [3.63, 3.8) is 0 Å². The van der Waals surface area contributed by atoms with Gasteiger partial charge in [-0.1, -0.05) is 6.92 Å². The lowest BCUT2D eigenvalue weighted by atomic mass is 10.1. The van der Waals surface area contributed by atoms with Gasteiger partial charge in [0.2, 0.25) is 0 Å². The number of hydrogen-bond donors (Lipinski definition) is 1.